The maximum atomic E-state index is 13.0. The van der Waals surface area contributed by atoms with Crippen molar-refractivity contribution in [3.8, 4) is 11.1 Å². The number of carbonyl (C=O) groups excluding carboxylic acids is 1. The minimum atomic E-state index is -0.280. The van der Waals surface area contributed by atoms with E-state index >= 15 is 0 Å². The molecule has 1 aliphatic rings. The van der Waals surface area contributed by atoms with Gasteiger partial charge in [0.05, 0.1) is 11.7 Å². The number of benzene rings is 2. The van der Waals surface area contributed by atoms with E-state index in [0.29, 0.717) is 11.7 Å². The molecule has 1 aliphatic carbocycles. The number of ether oxygens (including phenoxy) is 2. The topological polar surface area (TPSA) is 35.5 Å². The molecule has 0 N–H and O–H groups in total. The minimum absolute atomic E-state index is 0.0280. The second kappa shape index (κ2) is 10.4. The lowest BCUT2D eigenvalue weighted by Crippen LogP contribution is -2.28. The molecule has 4 heteroatoms. The molecule has 3 nitrogen and oxygen atoms in total. The van der Waals surface area contributed by atoms with Crippen LogP contribution in [-0.2, 0) is 9.47 Å². The molecule has 0 amide bonds. The highest BCUT2D eigenvalue weighted by Crippen LogP contribution is 2.25. The molecule has 2 aromatic carbocycles. The summed E-state index contributed by atoms with van der Waals surface area (Å²) in [6, 6.07) is 13.6. The van der Waals surface area contributed by atoms with Crippen LogP contribution < -0.4 is 0 Å². The Morgan fingerprint density at radius 3 is 2.07 bits per heavy atom. The highest BCUT2D eigenvalue weighted by atomic mass is 19.1. The fourth-order valence-electron chi connectivity index (χ4n) is 3.58. The van der Waals surface area contributed by atoms with Crippen molar-refractivity contribution in [3.05, 3.63) is 59.9 Å². The minimum Gasteiger partial charge on any atom is -0.459 e. The molecule has 0 heterocycles. The molecule has 0 atom stereocenters. The third-order valence-corrected chi connectivity index (χ3v) is 5.29. The van der Waals surface area contributed by atoms with Gasteiger partial charge in [0.2, 0.25) is 0 Å². The van der Waals surface area contributed by atoms with Gasteiger partial charge in [-0.25, -0.2) is 9.18 Å². The number of rotatable bonds is 8. The Hall–Kier alpha value is -2.20. The van der Waals surface area contributed by atoms with E-state index in [-0.39, 0.29) is 17.9 Å². The fourth-order valence-corrected chi connectivity index (χ4v) is 3.58. The molecule has 1 fully saturated rings. The van der Waals surface area contributed by atoms with Crippen LogP contribution in [0.3, 0.4) is 0 Å². The van der Waals surface area contributed by atoms with Crippen LogP contribution in [0.1, 0.15) is 62.2 Å². The van der Waals surface area contributed by atoms with E-state index in [1.165, 1.54) is 25.0 Å². The summed E-state index contributed by atoms with van der Waals surface area (Å²) in [5.74, 6) is -0.539. The van der Waals surface area contributed by atoms with E-state index in [1.54, 1.807) is 24.3 Å². The third kappa shape index (κ3) is 5.90. The zero-order valence-electron chi connectivity index (χ0n) is 16.5. The van der Waals surface area contributed by atoms with Gasteiger partial charge in [0.1, 0.15) is 11.9 Å². The number of hydrogen-bond acceptors (Lipinski definition) is 3. The number of unbranched alkanes of at least 4 members (excludes halogenated alkanes) is 2. The van der Waals surface area contributed by atoms with Gasteiger partial charge in [-0.2, -0.15) is 0 Å². The predicted molar refractivity (Wildman–Crippen MR) is 109 cm³/mol. The molecule has 2 aromatic rings. The highest BCUT2D eigenvalue weighted by Gasteiger charge is 2.24. The first kappa shape index (κ1) is 20.5. The average molecular weight is 384 g/mol. The SMILES string of the molecule is CCCCCO[C@H]1CC[C@H](OC(=O)c2ccc(-c3ccc(F)cc3)cc2)CC1. The third-order valence-electron chi connectivity index (χ3n) is 5.29. The average Bonchev–Trinajstić information content (AvgIpc) is 2.73. The lowest BCUT2D eigenvalue weighted by Gasteiger charge is -2.28. The van der Waals surface area contributed by atoms with Gasteiger partial charge in [-0.3, -0.25) is 0 Å². The van der Waals surface area contributed by atoms with Crippen molar-refractivity contribution < 1.29 is 18.7 Å². The molecule has 150 valence electrons. The highest BCUT2D eigenvalue weighted by molar-refractivity contribution is 5.90. The quantitative estimate of drug-likeness (QED) is 0.403. The number of carbonyl (C=O) groups is 1. The van der Waals surface area contributed by atoms with Crippen molar-refractivity contribution in [3.63, 3.8) is 0 Å². The van der Waals surface area contributed by atoms with E-state index in [0.717, 1.165) is 49.8 Å². The Morgan fingerprint density at radius 2 is 1.46 bits per heavy atom. The Balaban J connectivity index is 1.45. The van der Waals surface area contributed by atoms with Crippen LogP contribution in [0.2, 0.25) is 0 Å². The standard InChI is InChI=1S/C24H29FO3/c1-2-3-4-17-27-22-13-15-23(16-14-22)28-24(26)20-7-5-18(6-8-20)19-9-11-21(25)12-10-19/h5-12,22-23H,2-4,13-17H2,1H3/t22-,23-. The van der Waals surface area contributed by atoms with Gasteiger partial charge in [0, 0.05) is 6.61 Å². The Labute approximate surface area is 166 Å². The smallest absolute Gasteiger partial charge is 0.338 e. The zero-order chi connectivity index (χ0) is 19.8. The molecule has 0 radical (unpaired) electrons. The lowest BCUT2D eigenvalue weighted by molar-refractivity contribution is -0.0203. The molecular weight excluding hydrogens is 355 g/mol. The summed E-state index contributed by atoms with van der Waals surface area (Å²) in [4.78, 5) is 12.4. The molecule has 0 bridgehead atoms. The second-order valence-corrected chi connectivity index (χ2v) is 7.47. The van der Waals surface area contributed by atoms with Crippen molar-refractivity contribution in [1.29, 1.82) is 0 Å². The molecule has 0 aliphatic heterocycles. The van der Waals surface area contributed by atoms with Gasteiger partial charge in [0.25, 0.3) is 0 Å². The van der Waals surface area contributed by atoms with Gasteiger partial charge >= 0.3 is 5.97 Å². The number of halogens is 1. The van der Waals surface area contributed by atoms with E-state index in [9.17, 15) is 9.18 Å². The van der Waals surface area contributed by atoms with Gasteiger partial charge in [-0.05, 0) is 67.5 Å². The van der Waals surface area contributed by atoms with Crippen LogP contribution in [0.15, 0.2) is 48.5 Å². The first-order valence-corrected chi connectivity index (χ1v) is 10.3. The number of esters is 1. The summed E-state index contributed by atoms with van der Waals surface area (Å²) in [6.07, 6.45) is 7.45. The van der Waals surface area contributed by atoms with Crippen molar-refractivity contribution in [2.45, 2.75) is 64.1 Å². The van der Waals surface area contributed by atoms with Crippen molar-refractivity contribution in [1.82, 2.24) is 0 Å². The van der Waals surface area contributed by atoms with Gasteiger partial charge in [-0.1, -0.05) is 44.0 Å². The molecule has 0 unspecified atom stereocenters. The fraction of sp³-hybridized carbons (Fsp3) is 0.458. The largest absolute Gasteiger partial charge is 0.459 e. The van der Waals surface area contributed by atoms with Crippen LogP contribution in [0.25, 0.3) is 11.1 Å². The van der Waals surface area contributed by atoms with Crippen molar-refractivity contribution >= 4 is 5.97 Å². The molecular formula is C24H29FO3. The van der Waals surface area contributed by atoms with Gasteiger partial charge < -0.3 is 9.47 Å². The molecule has 0 spiro atoms. The second-order valence-electron chi connectivity index (χ2n) is 7.47. The van der Waals surface area contributed by atoms with Crippen molar-refractivity contribution in [2.75, 3.05) is 6.61 Å². The lowest BCUT2D eigenvalue weighted by atomic mass is 9.95. The van der Waals surface area contributed by atoms with E-state index in [2.05, 4.69) is 6.92 Å². The Morgan fingerprint density at radius 1 is 0.893 bits per heavy atom. The van der Waals surface area contributed by atoms with Crippen LogP contribution in [0.5, 0.6) is 0 Å². The summed E-state index contributed by atoms with van der Waals surface area (Å²) in [5.41, 5.74) is 2.40. The summed E-state index contributed by atoms with van der Waals surface area (Å²) >= 11 is 0. The first-order valence-electron chi connectivity index (χ1n) is 10.3. The van der Waals surface area contributed by atoms with E-state index in [1.807, 2.05) is 12.1 Å². The maximum absolute atomic E-state index is 13.0. The first-order chi connectivity index (χ1) is 13.7. The van der Waals surface area contributed by atoms with Gasteiger partial charge in [0.15, 0.2) is 0 Å². The van der Waals surface area contributed by atoms with Crippen LogP contribution >= 0.6 is 0 Å². The van der Waals surface area contributed by atoms with Crippen LogP contribution in [-0.4, -0.2) is 24.8 Å². The monoisotopic (exact) mass is 384 g/mol. The van der Waals surface area contributed by atoms with Gasteiger partial charge in [-0.15, -0.1) is 0 Å². The Kier molecular flexibility index (Phi) is 7.61. The summed E-state index contributed by atoms with van der Waals surface area (Å²) in [5, 5.41) is 0. The molecule has 0 aromatic heterocycles. The van der Waals surface area contributed by atoms with Crippen LogP contribution in [0, 0.1) is 5.82 Å². The summed E-state index contributed by atoms with van der Waals surface area (Å²) in [7, 11) is 0. The Bertz CT molecular complexity index is 731. The number of hydrogen-bond donors (Lipinski definition) is 0. The molecule has 3 rings (SSSR count). The molecule has 0 saturated heterocycles. The molecule has 28 heavy (non-hydrogen) atoms. The van der Waals surface area contributed by atoms with E-state index < -0.39 is 0 Å². The maximum Gasteiger partial charge on any atom is 0.338 e. The molecule has 1 saturated carbocycles. The zero-order valence-corrected chi connectivity index (χ0v) is 16.5. The summed E-state index contributed by atoms with van der Waals surface area (Å²) in [6.45, 7) is 3.03. The van der Waals surface area contributed by atoms with Crippen molar-refractivity contribution in [2.24, 2.45) is 0 Å². The van der Waals surface area contributed by atoms with E-state index in [4.69, 9.17) is 9.47 Å². The predicted octanol–water partition coefficient (Wildman–Crippen LogP) is 6.17. The normalized spacial score (nSPS) is 19.4. The van der Waals surface area contributed by atoms with Crippen LogP contribution in [0.4, 0.5) is 4.39 Å². The summed E-state index contributed by atoms with van der Waals surface area (Å²) < 4.78 is 24.7.